The summed E-state index contributed by atoms with van der Waals surface area (Å²) in [5.41, 5.74) is 6.24. The quantitative estimate of drug-likeness (QED) is 0.210. The summed E-state index contributed by atoms with van der Waals surface area (Å²) in [6.45, 7) is 11.4. The van der Waals surface area contributed by atoms with Gasteiger partial charge >= 0.3 is 5.97 Å². The Morgan fingerprint density at radius 1 is 1.05 bits per heavy atom. The fourth-order valence-corrected chi connectivity index (χ4v) is 5.49. The SMILES string of the molecule is COC(=O)c1ccc(N2CCN(C/C(C)=C(/CC(C)C)c3ccc(Cl)cc3)CC2)cc1Oc1cnc2[nH]ccc2c1. The van der Waals surface area contributed by atoms with Gasteiger partial charge < -0.3 is 19.4 Å². The number of fused-ring (bicyclic) bond motifs is 1. The zero-order valence-electron chi connectivity index (χ0n) is 24.1. The van der Waals surface area contributed by atoms with Crippen molar-refractivity contribution in [3.05, 3.63) is 88.7 Å². The predicted octanol–water partition coefficient (Wildman–Crippen LogP) is 7.44. The number of carbonyl (C=O) groups is 1. The summed E-state index contributed by atoms with van der Waals surface area (Å²) in [6, 6.07) is 17.7. The zero-order chi connectivity index (χ0) is 28.9. The van der Waals surface area contributed by atoms with Crippen molar-refractivity contribution in [3.63, 3.8) is 0 Å². The number of halogens is 1. The van der Waals surface area contributed by atoms with Gasteiger partial charge in [-0.05, 0) is 66.8 Å². The number of allylic oxidation sites excluding steroid dienone is 1. The highest BCUT2D eigenvalue weighted by Crippen LogP contribution is 2.33. The van der Waals surface area contributed by atoms with Crippen molar-refractivity contribution in [2.75, 3.05) is 44.7 Å². The number of carbonyl (C=O) groups excluding carboxylic acids is 1. The number of pyridine rings is 1. The van der Waals surface area contributed by atoms with Crippen molar-refractivity contribution in [1.82, 2.24) is 14.9 Å². The maximum atomic E-state index is 12.5. The third kappa shape index (κ3) is 6.92. The summed E-state index contributed by atoms with van der Waals surface area (Å²) in [7, 11) is 1.38. The van der Waals surface area contributed by atoms with Crippen molar-refractivity contribution in [2.24, 2.45) is 5.92 Å². The summed E-state index contributed by atoms with van der Waals surface area (Å²) in [5.74, 6) is 1.14. The normalized spacial score (nSPS) is 14.8. The van der Waals surface area contributed by atoms with Crippen LogP contribution >= 0.6 is 11.6 Å². The van der Waals surface area contributed by atoms with Gasteiger partial charge in [0.2, 0.25) is 0 Å². The fourth-order valence-electron chi connectivity index (χ4n) is 5.37. The van der Waals surface area contributed by atoms with E-state index in [9.17, 15) is 4.79 Å². The van der Waals surface area contributed by atoms with E-state index in [0.29, 0.717) is 23.0 Å². The van der Waals surface area contributed by atoms with Gasteiger partial charge in [0, 0.05) is 61.1 Å². The monoisotopic (exact) mass is 572 g/mol. The standard InChI is InChI=1S/C33H37ClN4O3/c1-22(2)17-30(24-5-7-26(34)8-6-24)23(3)21-37-13-15-38(16-14-37)27-9-10-29(33(39)40-4)31(19-27)41-28-18-25-11-12-35-32(25)36-20-28/h5-12,18-20,22H,13-17,21H2,1-4H3,(H,35,36)/b30-23-. The minimum atomic E-state index is -0.438. The number of hydrogen-bond donors (Lipinski definition) is 1. The van der Waals surface area contributed by atoms with Crippen molar-refractivity contribution in [1.29, 1.82) is 0 Å². The van der Waals surface area contributed by atoms with Crippen molar-refractivity contribution in [3.8, 4) is 11.5 Å². The first kappa shape index (κ1) is 28.7. The lowest BCUT2D eigenvalue weighted by Gasteiger charge is -2.36. The molecule has 1 aliphatic heterocycles. The van der Waals surface area contributed by atoms with E-state index in [0.717, 1.165) is 60.9 Å². The second-order valence-corrected chi connectivity index (χ2v) is 11.4. The number of benzene rings is 2. The summed E-state index contributed by atoms with van der Waals surface area (Å²) < 4.78 is 11.2. The minimum Gasteiger partial charge on any atom is -0.465 e. The molecule has 1 fully saturated rings. The van der Waals surface area contributed by atoms with E-state index in [4.69, 9.17) is 21.1 Å². The molecule has 4 aromatic rings. The Hall–Kier alpha value is -3.81. The second kappa shape index (κ2) is 12.8. The number of nitrogens with zero attached hydrogens (tertiary/aromatic N) is 3. The molecule has 8 heteroatoms. The number of H-pyrrole nitrogens is 1. The molecule has 0 spiro atoms. The Morgan fingerprint density at radius 3 is 2.51 bits per heavy atom. The Labute approximate surface area is 246 Å². The highest BCUT2D eigenvalue weighted by molar-refractivity contribution is 6.30. The average molecular weight is 573 g/mol. The van der Waals surface area contributed by atoms with Crippen LogP contribution in [0.1, 0.15) is 43.1 Å². The van der Waals surface area contributed by atoms with E-state index < -0.39 is 5.97 Å². The lowest BCUT2D eigenvalue weighted by molar-refractivity contribution is 0.0598. The van der Waals surface area contributed by atoms with Crippen LogP contribution in [0.25, 0.3) is 16.6 Å². The lowest BCUT2D eigenvalue weighted by atomic mass is 9.92. The number of rotatable bonds is 9. The third-order valence-electron chi connectivity index (χ3n) is 7.49. The smallest absolute Gasteiger partial charge is 0.341 e. The highest BCUT2D eigenvalue weighted by atomic mass is 35.5. The second-order valence-electron chi connectivity index (χ2n) is 11.0. The van der Waals surface area contributed by atoms with Gasteiger partial charge in [-0.25, -0.2) is 9.78 Å². The molecule has 1 saturated heterocycles. The summed E-state index contributed by atoms with van der Waals surface area (Å²) in [4.78, 5) is 24.9. The number of aromatic nitrogens is 2. The predicted molar refractivity (Wildman–Crippen MR) is 166 cm³/mol. The Kier molecular flexibility index (Phi) is 8.96. The number of nitrogens with one attached hydrogen (secondary N) is 1. The van der Waals surface area contributed by atoms with Crippen LogP contribution in [0.15, 0.2) is 72.6 Å². The lowest BCUT2D eigenvalue weighted by Crippen LogP contribution is -2.46. The van der Waals surface area contributed by atoms with Crippen LogP contribution < -0.4 is 9.64 Å². The third-order valence-corrected chi connectivity index (χ3v) is 7.74. The maximum absolute atomic E-state index is 12.5. The van der Waals surface area contributed by atoms with Crippen molar-refractivity contribution < 1.29 is 14.3 Å². The summed E-state index contributed by atoms with van der Waals surface area (Å²) >= 11 is 6.16. The minimum absolute atomic E-state index is 0.379. The van der Waals surface area contributed by atoms with Gasteiger partial charge in [0.05, 0.1) is 13.3 Å². The molecule has 41 heavy (non-hydrogen) atoms. The van der Waals surface area contributed by atoms with Gasteiger partial charge in [0.25, 0.3) is 0 Å². The van der Waals surface area contributed by atoms with Crippen LogP contribution in [0.3, 0.4) is 0 Å². The average Bonchev–Trinajstić information content (AvgIpc) is 3.44. The topological polar surface area (TPSA) is 70.7 Å². The largest absolute Gasteiger partial charge is 0.465 e. The van der Waals surface area contributed by atoms with Gasteiger partial charge in [-0.15, -0.1) is 0 Å². The first-order valence-corrected chi connectivity index (χ1v) is 14.4. The van der Waals surface area contributed by atoms with Crippen LogP contribution in [-0.2, 0) is 4.74 Å². The van der Waals surface area contributed by atoms with Gasteiger partial charge in [-0.3, -0.25) is 4.90 Å². The molecule has 0 radical (unpaired) electrons. The maximum Gasteiger partial charge on any atom is 0.341 e. The van der Waals surface area contributed by atoms with E-state index in [2.05, 4.69) is 52.7 Å². The number of methoxy groups -OCH3 is 1. The molecule has 0 aliphatic carbocycles. The van der Waals surface area contributed by atoms with E-state index in [1.54, 1.807) is 12.3 Å². The van der Waals surface area contributed by atoms with Crippen LogP contribution in [0, 0.1) is 5.92 Å². The molecule has 0 atom stereocenters. The van der Waals surface area contributed by atoms with Crippen molar-refractivity contribution in [2.45, 2.75) is 27.2 Å². The van der Waals surface area contributed by atoms with Crippen LogP contribution in [-0.4, -0.2) is 60.7 Å². The van der Waals surface area contributed by atoms with Crippen LogP contribution in [0.4, 0.5) is 5.69 Å². The Morgan fingerprint density at radius 2 is 1.80 bits per heavy atom. The molecule has 3 heterocycles. The first-order valence-electron chi connectivity index (χ1n) is 14.1. The first-order chi connectivity index (χ1) is 19.8. The van der Waals surface area contributed by atoms with Crippen molar-refractivity contribution >= 4 is 39.9 Å². The molecule has 0 unspecified atom stereocenters. The highest BCUT2D eigenvalue weighted by Gasteiger charge is 2.22. The number of piperazine rings is 1. The van der Waals surface area contributed by atoms with Gasteiger partial charge in [0.15, 0.2) is 0 Å². The van der Waals surface area contributed by atoms with E-state index in [-0.39, 0.29) is 0 Å². The van der Waals surface area contributed by atoms with Gasteiger partial charge in [-0.2, -0.15) is 0 Å². The molecule has 2 aromatic carbocycles. The van der Waals surface area contributed by atoms with E-state index >= 15 is 0 Å². The Balaban J connectivity index is 1.30. The van der Waals surface area contributed by atoms with Crippen LogP contribution in [0.5, 0.6) is 11.5 Å². The van der Waals surface area contributed by atoms with E-state index in [1.807, 2.05) is 42.6 Å². The van der Waals surface area contributed by atoms with E-state index in [1.165, 1.54) is 23.8 Å². The molecular formula is C33H37ClN4O3. The molecule has 7 nitrogen and oxygen atoms in total. The van der Waals surface area contributed by atoms with Gasteiger partial charge in [-0.1, -0.05) is 43.2 Å². The molecule has 0 saturated carbocycles. The number of aromatic amines is 1. The van der Waals surface area contributed by atoms with Gasteiger partial charge in [0.1, 0.15) is 22.7 Å². The number of esters is 1. The molecule has 0 bridgehead atoms. The molecule has 1 N–H and O–H groups in total. The number of ether oxygens (including phenoxy) is 2. The summed E-state index contributed by atoms with van der Waals surface area (Å²) in [5, 5.41) is 1.70. The van der Waals surface area contributed by atoms with Crippen LogP contribution in [0.2, 0.25) is 5.02 Å². The number of hydrogen-bond acceptors (Lipinski definition) is 6. The summed E-state index contributed by atoms with van der Waals surface area (Å²) in [6.07, 6.45) is 4.52. The molecule has 5 rings (SSSR count). The molecule has 2 aromatic heterocycles. The molecule has 0 amide bonds. The molecule has 214 valence electrons. The fraction of sp³-hybridized carbons (Fsp3) is 0.333. The molecule has 1 aliphatic rings. The Bertz CT molecular complexity index is 1540. The number of anilines is 1. The molecular weight excluding hydrogens is 536 g/mol. The zero-order valence-corrected chi connectivity index (χ0v) is 24.9.